The number of hydrogen-bond donors (Lipinski definition) is 1. The summed E-state index contributed by atoms with van der Waals surface area (Å²) in [6.07, 6.45) is 7.57. The van der Waals surface area contributed by atoms with Crippen LogP contribution in [0.15, 0.2) is 17.0 Å². The van der Waals surface area contributed by atoms with Crippen molar-refractivity contribution in [3.63, 3.8) is 0 Å². The minimum atomic E-state index is -1.12. The van der Waals surface area contributed by atoms with E-state index < -0.39 is 35.5 Å². The zero-order valence-corrected chi connectivity index (χ0v) is 20.5. The molecule has 0 spiro atoms. The molecule has 3 heterocycles. The average Bonchev–Trinajstić information content (AvgIpc) is 3.11. The van der Waals surface area contributed by atoms with E-state index in [9.17, 15) is 28.4 Å². The average molecular weight is 504 g/mol. The highest BCUT2D eigenvalue weighted by Crippen LogP contribution is 2.36. The Morgan fingerprint density at radius 3 is 2.43 bits per heavy atom. The molecule has 8 nitrogen and oxygen atoms in total. The number of amides is 5. The van der Waals surface area contributed by atoms with Gasteiger partial charge in [0.2, 0.25) is 17.7 Å². The maximum Gasteiger partial charge on any atom is 0.265 e. The first-order valence-corrected chi connectivity index (χ1v) is 13.3. The number of fused-ring (bicyclic) bond motifs is 1. The monoisotopic (exact) mass is 503 g/mol. The predicted octanol–water partition coefficient (Wildman–Crippen LogP) is 3.28. The molecular weight excluding hydrogens is 473 g/mol. The van der Waals surface area contributed by atoms with Crippen molar-refractivity contribution in [2.45, 2.75) is 75.1 Å². The van der Waals surface area contributed by atoms with E-state index in [2.05, 4.69) is 5.32 Å². The highest BCUT2D eigenvalue weighted by atomic mass is 32.2. The van der Waals surface area contributed by atoms with Gasteiger partial charge in [-0.05, 0) is 56.4 Å². The Kier molecular flexibility index (Phi) is 8.20. The molecule has 10 heteroatoms. The van der Waals surface area contributed by atoms with Crippen LogP contribution in [-0.4, -0.2) is 64.2 Å². The first-order chi connectivity index (χ1) is 16.9. The van der Waals surface area contributed by atoms with Crippen molar-refractivity contribution >= 4 is 41.3 Å². The zero-order chi connectivity index (χ0) is 24.9. The molecule has 0 aliphatic carbocycles. The Morgan fingerprint density at radius 1 is 0.971 bits per heavy atom. The third-order valence-corrected chi connectivity index (χ3v) is 7.90. The fraction of sp³-hybridized carbons (Fsp3) is 0.560. The number of nitrogens with one attached hydrogen (secondary N) is 1. The molecule has 0 aromatic heterocycles. The van der Waals surface area contributed by atoms with Gasteiger partial charge in [0, 0.05) is 30.8 Å². The van der Waals surface area contributed by atoms with Gasteiger partial charge in [-0.15, -0.1) is 11.8 Å². The first-order valence-electron chi connectivity index (χ1n) is 12.3. The molecule has 2 fully saturated rings. The van der Waals surface area contributed by atoms with E-state index in [1.807, 2.05) is 4.90 Å². The standard InChI is InChI=1S/C25H30FN3O5S/c26-16-9-11-18(35-15-7-2-1-4-8-20(31)28-13-5-3-6-14-28)22-21(16)24(33)29(25(22)34)17-10-12-19(30)27-23(17)32/h9,11,17H,1-8,10,12-15H2,(H,27,30,32). The second-order valence-corrected chi connectivity index (χ2v) is 10.3. The van der Waals surface area contributed by atoms with E-state index in [0.29, 0.717) is 17.1 Å². The minimum Gasteiger partial charge on any atom is -0.343 e. The summed E-state index contributed by atoms with van der Waals surface area (Å²) < 4.78 is 14.5. The Bertz CT molecular complexity index is 1040. The summed E-state index contributed by atoms with van der Waals surface area (Å²) in [4.78, 5) is 65.1. The fourth-order valence-corrected chi connectivity index (χ4v) is 5.93. The second kappa shape index (κ2) is 11.3. The smallest absolute Gasteiger partial charge is 0.265 e. The van der Waals surface area contributed by atoms with E-state index in [4.69, 9.17) is 0 Å². The summed E-state index contributed by atoms with van der Waals surface area (Å²) in [5, 5.41) is 2.14. The number of halogens is 1. The van der Waals surface area contributed by atoms with Crippen LogP contribution in [0.3, 0.4) is 0 Å². The van der Waals surface area contributed by atoms with Gasteiger partial charge in [-0.3, -0.25) is 34.2 Å². The lowest BCUT2D eigenvalue weighted by Gasteiger charge is -2.27. The van der Waals surface area contributed by atoms with Crippen molar-refractivity contribution in [3.8, 4) is 0 Å². The van der Waals surface area contributed by atoms with Gasteiger partial charge in [0.1, 0.15) is 11.9 Å². The van der Waals surface area contributed by atoms with Gasteiger partial charge in [0.25, 0.3) is 11.8 Å². The maximum absolute atomic E-state index is 14.5. The van der Waals surface area contributed by atoms with Crippen LogP contribution in [-0.2, 0) is 14.4 Å². The van der Waals surface area contributed by atoms with Crippen LogP contribution < -0.4 is 5.32 Å². The van der Waals surface area contributed by atoms with Gasteiger partial charge < -0.3 is 4.90 Å². The van der Waals surface area contributed by atoms with Crippen molar-refractivity contribution in [2.24, 2.45) is 0 Å². The molecule has 0 bridgehead atoms. The van der Waals surface area contributed by atoms with Gasteiger partial charge in [0.15, 0.2) is 0 Å². The van der Waals surface area contributed by atoms with Crippen molar-refractivity contribution in [1.82, 2.24) is 15.1 Å². The van der Waals surface area contributed by atoms with Crippen molar-refractivity contribution in [2.75, 3.05) is 18.8 Å². The van der Waals surface area contributed by atoms with E-state index in [-0.39, 0.29) is 29.9 Å². The lowest BCUT2D eigenvalue weighted by Crippen LogP contribution is -2.54. The second-order valence-electron chi connectivity index (χ2n) is 9.20. The number of hydrogen-bond acceptors (Lipinski definition) is 6. The number of rotatable bonds is 9. The molecule has 1 atom stereocenters. The quantitative estimate of drug-likeness (QED) is 0.315. The Balaban J connectivity index is 1.29. The van der Waals surface area contributed by atoms with E-state index in [1.54, 1.807) is 0 Å². The number of carbonyl (C=O) groups excluding carboxylic acids is 5. The summed E-state index contributed by atoms with van der Waals surface area (Å²) in [6, 6.07) is 1.55. The molecule has 1 aromatic rings. The largest absolute Gasteiger partial charge is 0.343 e. The van der Waals surface area contributed by atoms with E-state index in [0.717, 1.165) is 56.5 Å². The lowest BCUT2D eigenvalue weighted by molar-refractivity contribution is -0.136. The summed E-state index contributed by atoms with van der Waals surface area (Å²) in [5.41, 5.74) is -0.308. The molecule has 188 valence electrons. The first kappa shape index (κ1) is 25.3. The number of nitrogens with zero attached hydrogens (tertiary/aromatic N) is 2. The normalized spacial score (nSPS) is 20.3. The van der Waals surface area contributed by atoms with Gasteiger partial charge in [-0.1, -0.05) is 12.8 Å². The molecule has 35 heavy (non-hydrogen) atoms. The third-order valence-electron chi connectivity index (χ3n) is 6.75. The summed E-state index contributed by atoms with van der Waals surface area (Å²) in [6.45, 7) is 1.75. The van der Waals surface area contributed by atoms with Crippen molar-refractivity contribution < 1.29 is 28.4 Å². The van der Waals surface area contributed by atoms with Crippen molar-refractivity contribution in [1.29, 1.82) is 0 Å². The lowest BCUT2D eigenvalue weighted by atomic mass is 10.0. The summed E-state index contributed by atoms with van der Waals surface area (Å²) >= 11 is 1.38. The van der Waals surface area contributed by atoms with E-state index in [1.165, 1.54) is 30.3 Å². The summed E-state index contributed by atoms with van der Waals surface area (Å²) in [7, 11) is 0. The van der Waals surface area contributed by atoms with Crippen LogP contribution in [0.2, 0.25) is 0 Å². The topological polar surface area (TPSA) is 104 Å². The minimum absolute atomic E-state index is 0.00294. The predicted molar refractivity (Wildman–Crippen MR) is 127 cm³/mol. The molecule has 1 N–H and O–H groups in total. The molecule has 3 aliphatic rings. The zero-order valence-electron chi connectivity index (χ0n) is 19.6. The van der Waals surface area contributed by atoms with Crippen LogP contribution in [0.4, 0.5) is 4.39 Å². The van der Waals surface area contributed by atoms with Gasteiger partial charge >= 0.3 is 0 Å². The Hall–Kier alpha value is -2.75. The number of thioether (sulfide) groups is 1. The van der Waals surface area contributed by atoms with E-state index >= 15 is 0 Å². The number of unbranched alkanes of at least 4 members (excludes halogenated alkanes) is 3. The number of imide groups is 2. The van der Waals surface area contributed by atoms with Gasteiger partial charge in [-0.25, -0.2) is 4.39 Å². The molecule has 1 aromatic carbocycles. The number of carbonyl (C=O) groups is 5. The molecule has 0 radical (unpaired) electrons. The van der Waals surface area contributed by atoms with Crippen LogP contribution in [0.1, 0.15) is 84.9 Å². The van der Waals surface area contributed by atoms with Crippen LogP contribution in [0.25, 0.3) is 0 Å². The Morgan fingerprint density at radius 2 is 1.69 bits per heavy atom. The van der Waals surface area contributed by atoms with Crippen LogP contribution in [0, 0.1) is 5.82 Å². The molecular formula is C25H30FN3O5S. The molecule has 1 unspecified atom stereocenters. The molecule has 4 rings (SSSR count). The van der Waals surface area contributed by atoms with Crippen LogP contribution >= 0.6 is 11.8 Å². The molecule has 3 aliphatic heterocycles. The Labute approximate surface area is 208 Å². The highest BCUT2D eigenvalue weighted by Gasteiger charge is 2.47. The third kappa shape index (κ3) is 5.58. The molecule has 5 amide bonds. The molecule has 0 saturated carbocycles. The maximum atomic E-state index is 14.5. The molecule has 2 saturated heterocycles. The number of likely N-dealkylation sites (tertiary alicyclic amines) is 1. The van der Waals surface area contributed by atoms with Crippen molar-refractivity contribution in [3.05, 3.63) is 29.1 Å². The fourth-order valence-electron chi connectivity index (χ4n) is 4.86. The van der Waals surface area contributed by atoms with Crippen LogP contribution in [0.5, 0.6) is 0 Å². The SMILES string of the molecule is O=C1CCC(N2C(=O)c3c(F)ccc(SCCCCCCC(=O)N4CCCCC4)c3C2=O)C(=O)N1. The number of piperidine rings is 2. The van der Waals surface area contributed by atoms with Gasteiger partial charge in [-0.2, -0.15) is 0 Å². The summed E-state index contributed by atoms with van der Waals surface area (Å²) in [5.74, 6) is -2.58. The number of benzene rings is 1. The van der Waals surface area contributed by atoms with Gasteiger partial charge in [0.05, 0.1) is 11.1 Å². The highest BCUT2D eigenvalue weighted by molar-refractivity contribution is 7.99.